The monoisotopic (exact) mass is 438 g/mol. The molecule has 0 saturated heterocycles. The molecule has 0 spiro atoms. The average Bonchev–Trinajstić information content (AvgIpc) is 2.62. The van der Waals surface area contributed by atoms with Gasteiger partial charge in [0.25, 0.3) is 0 Å². The van der Waals surface area contributed by atoms with Gasteiger partial charge in [-0.15, -0.1) is 0 Å². The highest BCUT2D eigenvalue weighted by Gasteiger charge is 2.48. The van der Waals surface area contributed by atoms with Crippen LogP contribution in [0.15, 0.2) is 28.7 Å². The number of rotatable bonds is 7. The van der Waals surface area contributed by atoms with Crippen LogP contribution in [0.2, 0.25) is 0 Å². The second-order valence-corrected chi connectivity index (χ2v) is 7.27. The van der Waals surface area contributed by atoms with Crippen LogP contribution in [-0.2, 0) is 23.9 Å². The third-order valence-electron chi connectivity index (χ3n) is 4.66. The number of carbonyl (C=O) groups excluding carboxylic acids is 4. The minimum absolute atomic E-state index is 0.0979. The fourth-order valence-corrected chi connectivity index (χ4v) is 3.74. The van der Waals surface area contributed by atoms with Crippen molar-refractivity contribution in [2.45, 2.75) is 33.1 Å². The highest BCUT2D eigenvalue weighted by Crippen LogP contribution is 2.37. The number of esters is 2. The lowest BCUT2D eigenvalue weighted by Gasteiger charge is -2.33. The molecule has 2 rings (SSSR count). The van der Waals surface area contributed by atoms with Crippen LogP contribution in [0.4, 0.5) is 0 Å². The predicted molar refractivity (Wildman–Crippen MR) is 101 cm³/mol. The summed E-state index contributed by atoms with van der Waals surface area (Å²) in [6.45, 7) is 3.47. The zero-order valence-corrected chi connectivity index (χ0v) is 17.0. The average molecular weight is 439 g/mol. The normalized spacial score (nSPS) is 19.6. The molecule has 146 valence electrons. The van der Waals surface area contributed by atoms with Crippen molar-refractivity contribution in [3.63, 3.8) is 0 Å². The van der Waals surface area contributed by atoms with Gasteiger partial charge >= 0.3 is 11.9 Å². The van der Waals surface area contributed by atoms with Gasteiger partial charge in [-0.05, 0) is 44.7 Å². The first kappa shape index (κ1) is 21.3. The van der Waals surface area contributed by atoms with Crippen LogP contribution in [0.3, 0.4) is 0 Å². The maximum absolute atomic E-state index is 13.1. The van der Waals surface area contributed by atoms with Crippen LogP contribution < -0.4 is 0 Å². The fourth-order valence-electron chi connectivity index (χ4n) is 3.48. The molecule has 0 amide bonds. The quantitative estimate of drug-likeness (QED) is 0.368. The van der Waals surface area contributed by atoms with E-state index in [1.165, 1.54) is 0 Å². The van der Waals surface area contributed by atoms with E-state index in [1.54, 1.807) is 38.1 Å². The maximum atomic E-state index is 13.1. The zero-order valence-electron chi connectivity index (χ0n) is 15.4. The molecule has 6 nitrogen and oxygen atoms in total. The molecule has 1 fully saturated rings. The van der Waals surface area contributed by atoms with Gasteiger partial charge in [0, 0.05) is 16.5 Å². The van der Waals surface area contributed by atoms with Gasteiger partial charge in [0.1, 0.15) is 5.78 Å². The molecule has 0 aromatic heterocycles. The van der Waals surface area contributed by atoms with E-state index >= 15 is 0 Å². The molecule has 27 heavy (non-hydrogen) atoms. The van der Waals surface area contributed by atoms with Crippen molar-refractivity contribution in [2.24, 2.45) is 17.8 Å². The number of ether oxygens (including phenoxy) is 2. The van der Waals surface area contributed by atoms with Crippen molar-refractivity contribution in [1.29, 1.82) is 0 Å². The molecule has 1 aliphatic rings. The first-order valence-electron chi connectivity index (χ1n) is 9.06. The number of Topliss-reactive ketones (excluding diaryl/α,β-unsaturated/α-hetero) is 2. The van der Waals surface area contributed by atoms with Crippen molar-refractivity contribution in [2.75, 3.05) is 13.2 Å². The largest absolute Gasteiger partial charge is 0.465 e. The Bertz CT molecular complexity index is 694. The van der Waals surface area contributed by atoms with Crippen LogP contribution in [0, 0.1) is 17.8 Å². The topological polar surface area (TPSA) is 86.7 Å². The number of halogens is 1. The van der Waals surface area contributed by atoms with Crippen molar-refractivity contribution in [1.82, 2.24) is 0 Å². The standard InChI is InChI=1S/C20H23BrO6/c1-3-26-19(24)17(20(25)27-4-2)14-6-5-7-15(22)16(14)18(23)12-8-10-13(21)11-9-12/h8-11,14,16-17H,3-7H2,1-2H3. The SMILES string of the molecule is CCOC(=O)C(C(=O)OCC)C1CCCC(=O)C1C(=O)c1ccc(Br)cc1. The Morgan fingerprint density at radius 3 is 2.15 bits per heavy atom. The van der Waals surface area contributed by atoms with Gasteiger partial charge in [0.2, 0.25) is 0 Å². The van der Waals surface area contributed by atoms with Gasteiger partial charge < -0.3 is 9.47 Å². The minimum atomic E-state index is -1.28. The molecule has 1 aromatic rings. The number of benzene rings is 1. The molecular formula is C20H23BrO6. The second-order valence-electron chi connectivity index (χ2n) is 6.35. The highest BCUT2D eigenvalue weighted by atomic mass is 79.9. The molecule has 0 heterocycles. The summed E-state index contributed by atoms with van der Waals surface area (Å²) < 4.78 is 10.9. The van der Waals surface area contributed by atoms with E-state index in [9.17, 15) is 19.2 Å². The lowest BCUT2D eigenvalue weighted by molar-refractivity contribution is -0.166. The van der Waals surface area contributed by atoms with Gasteiger partial charge in [-0.2, -0.15) is 0 Å². The second kappa shape index (κ2) is 9.78. The summed E-state index contributed by atoms with van der Waals surface area (Å²) in [6.07, 6.45) is 1.17. The van der Waals surface area contributed by atoms with E-state index < -0.39 is 29.7 Å². The summed E-state index contributed by atoms with van der Waals surface area (Å²) in [7, 11) is 0. The van der Waals surface area contributed by atoms with Gasteiger partial charge in [-0.1, -0.05) is 28.1 Å². The van der Waals surface area contributed by atoms with E-state index in [0.29, 0.717) is 18.4 Å². The Balaban J connectivity index is 2.40. The molecule has 1 aromatic carbocycles. The molecule has 2 unspecified atom stereocenters. The molecule has 1 saturated carbocycles. The summed E-state index contributed by atoms with van der Waals surface area (Å²) in [5.74, 6) is -5.22. The molecular weight excluding hydrogens is 416 g/mol. The molecule has 0 radical (unpaired) electrons. The van der Waals surface area contributed by atoms with Crippen LogP contribution >= 0.6 is 15.9 Å². The Kier molecular flexibility index (Phi) is 7.71. The molecule has 0 bridgehead atoms. The molecule has 1 aliphatic carbocycles. The minimum Gasteiger partial charge on any atom is -0.465 e. The van der Waals surface area contributed by atoms with Crippen LogP contribution in [0.1, 0.15) is 43.5 Å². The summed E-state index contributed by atoms with van der Waals surface area (Å²) in [5, 5.41) is 0. The van der Waals surface area contributed by atoms with Gasteiger partial charge in [-0.3, -0.25) is 19.2 Å². The lowest BCUT2D eigenvalue weighted by Crippen LogP contribution is -2.45. The lowest BCUT2D eigenvalue weighted by atomic mass is 9.69. The Morgan fingerprint density at radius 1 is 1.07 bits per heavy atom. The molecule has 0 aliphatic heterocycles. The summed E-state index contributed by atoms with van der Waals surface area (Å²) in [6, 6.07) is 6.66. The predicted octanol–water partition coefficient (Wildman–Crippen LogP) is 3.36. The van der Waals surface area contributed by atoms with E-state index in [1.807, 2.05) is 0 Å². The van der Waals surface area contributed by atoms with E-state index in [2.05, 4.69) is 15.9 Å². The van der Waals surface area contributed by atoms with E-state index in [-0.39, 0.29) is 31.2 Å². The van der Waals surface area contributed by atoms with Gasteiger partial charge in [-0.25, -0.2) is 0 Å². The van der Waals surface area contributed by atoms with E-state index in [0.717, 1.165) is 4.47 Å². The van der Waals surface area contributed by atoms with Crippen molar-refractivity contribution in [3.8, 4) is 0 Å². The van der Waals surface area contributed by atoms with Crippen molar-refractivity contribution < 1.29 is 28.7 Å². The number of hydrogen-bond acceptors (Lipinski definition) is 6. The molecule has 7 heteroatoms. The fraction of sp³-hybridized carbons (Fsp3) is 0.500. The van der Waals surface area contributed by atoms with Crippen LogP contribution in [0.5, 0.6) is 0 Å². The first-order valence-corrected chi connectivity index (χ1v) is 9.85. The van der Waals surface area contributed by atoms with Crippen molar-refractivity contribution >= 4 is 39.4 Å². The molecule has 0 N–H and O–H groups in total. The third-order valence-corrected chi connectivity index (χ3v) is 5.18. The Labute approximate surface area is 166 Å². The number of hydrogen-bond donors (Lipinski definition) is 0. The first-order chi connectivity index (χ1) is 12.9. The maximum Gasteiger partial charge on any atom is 0.320 e. The molecule has 2 atom stereocenters. The van der Waals surface area contributed by atoms with Crippen molar-refractivity contribution in [3.05, 3.63) is 34.3 Å². The third kappa shape index (κ3) is 5.03. The summed E-state index contributed by atoms with van der Waals surface area (Å²) in [5.41, 5.74) is 0.370. The summed E-state index contributed by atoms with van der Waals surface area (Å²) >= 11 is 3.31. The van der Waals surface area contributed by atoms with Crippen LogP contribution in [0.25, 0.3) is 0 Å². The number of ketones is 2. The van der Waals surface area contributed by atoms with Gasteiger partial charge in [0.05, 0.1) is 19.1 Å². The zero-order chi connectivity index (χ0) is 20.0. The Hall–Kier alpha value is -2.02. The Morgan fingerprint density at radius 2 is 1.63 bits per heavy atom. The van der Waals surface area contributed by atoms with E-state index in [4.69, 9.17) is 9.47 Å². The smallest absolute Gasteiger partial charge is 0.320 e. The summed E-state index contributed by atoms with van der Waals surface area (Å²) in [4.78, 5) is 50.6. The number of carbonyl (C=O) groups is 4. The van der Waals surface area contributed by atoms with Crippen LogP contribution in [-0.4, -0.2) is 36.7 Å². The highest BCUT2D eigenvalue weighted by molar-refractivity contribution is 9.10. The van der Waals surface area contributed by atoms with Gasteiger partial charge in [0.15, 0.2) is 11.7 Å².